The number of benzene rings is 1. The Hall–Kier alpha value is -0.670. The Morgan fingerprint density at radius 1 is 1.43 bits per heavy atom. The molecule has 1 heterocycles. The van der Waals surface area contributed by atoms with Crippen LogP contribution in [0.25, 0.3) is 10.1 Å². The standard InChI is InChI=1S/C11H12OS2/c1-3-7-6-8-9(14-7)4-5-10(13-2)11(8)12/h4-6,12H,3H2,1-2H3. The number of phenols is 1. The van der Waals surface area contributed by atoms with E-state index in [9.17, 15) is 5.11 Å². The van der Waals surface area contributed by atoms with E-state index in [0.29, 0.717) is 5.75 Å². The van der Waals surface area contributed by atoms with E-state index in [2.05, 4.69) is 19.1 Å². The fraction of sp³-hybridized carbons (Fsp3) is 0.273. The molecule has 1 aromatic heterocycles. The minimum Gasteiger partial charge on any atom is -0.506 e. The molecule has 0 saturated carbocycles. The first kappa shape index (κ1) is 9.87. The van der Waals surface area contributed by atoms with Gasteiger partial charge in [0, 0.05) is 19.9 Å². The molecule has 1 N–H and O–H groups in total. The first-order valence-corrected chi connectivity index (χ1v) is 6.58. The normalized spacial score (nSPS) is 11.0. The molecular formula is C11H12OS2. The van der Waals surface area contributed by atoms with E-state index in [1.54, 1.807) is 23.1 Å². The van der Waals surface area contributed by atoms with E-state index in [1.165, 1.54) is 9.58 Å². The summed E-state index contributed by atoms with van der Waals surface area (Å²) < 4.78 is 1.18. The molecule has 2 aromatic rings. The zero-order valence-corrected chi connectivity index (χ0v) is 9.84. The number of phenolic OH excluding ortho intramolecular Hbond substituents is 1. The van der Waals surface area contributed by atoms with E-state index in [-0.39, 0.29) is 0 Å². The third-order valence-corrected chi connectivity index (χ3v) is 4.27. The van der Waals surface area contributed by atoms with Crippen molar-refractivity contribution in [2.24, 2.45) is 0 Å². The van der Waals surface area contributed by atoms with Crippen molar-refractivity contribution >= 4 is 33.2 Å². The molecule has 1 aromatic carbocycles. The summed E-state index contributed by atoms with van der Waals surface area (Å²) in [4.78, 5) is 2.28. The molecule has 0 aliphatic heterocycles. The molecule has 2 rings (SSSR count). The Kier molecular flexibility index (Phi) is 2.70. The Morgan fingerprint density at radius 3 is 2.86 bits per heavy atom. The number of fused-ring (bicyclic) bond motifs is 1. The predicted octanol–water partition coefficient (Wildman–Crippen LogP) is 3.89. The molecule has 3 heteroatoms. The van der Waals surface area contributed by atoms with Gasteiger partial charge in [0.2, 0.25) is 0 Å². The second-order valence-corrected chi connectivity index (χ2v) is 5.11. The summed E-state index contributed by atoms with van der Waals surface area (Å²) in [6.45, 7) is 2.14. The average Bonchev–Trinajstić information content (AvgIpc) is 2.62. The first-order chi connectivity index (χ1) is 6.76. The van der Waals surface area contributed by atoms with Gasteiger partial charge in [0.15, 0.2) is 0 Å². The summed E-state index contributed by atoms with van der Waals surface area (Å²) in [5.74, 6) is 0.436. The molecule has 0 saturated heterocycles. The molecule has 0 amide bonds. The second-order valence-electron chi connectivity index (χ2n) is 3.09. The first-order valence-electron chi connectivity index (χ1n) is 4.54. The fourth-order valence-corrected chi connectivity index (χ4v) is 2.98. The van der Waals surface area contributed by atoms with Gasteiger partial charge in [0.25, 0.3) is 0 Å². The minimum atomic E-state index is 0.436. The zero-order valence-electron chi connectivity index (χ0n) is 8.20. The number of hydrogen-bond donors (Lipinski definition) is 1. The summed E-state index contributed by atoms with van der Waals surface area (Å²) in [6.07, 6.45) is 3.02. The molecule has 0 spiro atoms. The van der Waals surface area contributed by atoms with Crippen LogP contribution in [0.2, 0.25) is 0 Å². The highest BCUT2D eigenvalue weighted by atomic mass is 32.2. The summed E-state index contributed by atoms with van der Waals surface area (Å²) in [5.41, 5.74) is 0. The Labute approximate surface area is 91.8 Å². The molecule has 0 fully saturated rings. The lowest BCUT2D eigenvalue weighted by atomic mass is 10.2. The van der Waals surface area contributed by atoms with Crippen LogP contribution in [0.1, 0.15) is 11.8 Å². The van der Waals surface area contributed by atoms with Crippen molar-refractivity contribution in [1.82, 2.24) is 0 Å². The third-order valence-electron chi connectivity index (χ3n) is 2.25. The van der Waals surface area contributed by atoms with Crippen molar-refractivity contribution in [2.75, 3.05) is 6.26 Å². The summed E-state index contributed by atoms with van der Waals surface area (Å²) in [5, 5.41) is 10.9. The van der Waals surface area contributed by atoms with Gasteiger partial charge >= 0.3 is 0 Å². The summed E-state index contributed by atoms with van der Waals surface area (Å²) in [6, 6.07) is 6.16. The zero-order chi connectivity index (χ0) is 10.1. The second kappa shape index (κ2) is 3.83. The monoisotopic (exact) mass is 224 g/mol. The van der Waals surface area contributed by atoms with Crippen LogP contribution in [-0.2, 0) is 6.42 Å². The van der Waals surface area contributed by atoms with Gasteiger partial charge in [-0.05, 0) is 30.9 Å². The lowest BCUT2D eigenvalue weighted by molar-refractivity contribution is 0.469. The minimum absolute atomic E-state index is 0.436. The van der Waals surface area contributed by atoms with Crippen molar-refractivity contribution in [3.8, 4) is 5.75 Å². The van der Waals surface area contributed by atoms with E-state index in [4.69, 9.17) is 0 Å². The number of thiophene rings is 1. The fourth-order valence-electron chi connectivity index (χ4n) is 1.47. The number of rotatable bonds is 2. The maximum absolute atomic E-state index is 9.94. The van der Waals surface area contributed by atoms with E-state index >= 15 is 0 Å². The van der Waals surface area contributed by atoms with Gasteiger partial charge in [-0.3, -0.25) is 0 Å². The van der Waals surface area contributed by atoms with Crippen LogP contribution in [0.15, 0.2) is 23.1 Å². The highest BCUT2D eigenvalue weighted by Crippen LogP contribution is 2.38. The summed E-state index contributed by atoms with van der Waals surface area (Å²) in [7, 11) is 0. The van der Waals surface area contributed by atoms with Gasteiger partial charge in [-0.1, -0.05) is 6.92 Å². The highest BCUT2D eigenvalue weighted by molar-refractivity contribution is 7.98. The van der Waals surface area contributed by atoms with Crippen LogP contribution in [-0.4, -0.2) is 11.4 Å². The lowest BCUT2D eigenvalue weighted by Gasteiger charge is -2.00. The molecule has 0 atom stereocenters. The molecule has 0 bridgehead atoms. The van der Waals surface area contributed by atoms with E-state index in [0.717, 1.165) is 16.7 Å². The Bertz CT molecular complexity index is 460. The quantitative estimate of drug-likeness (QED) is 0.781. The van der Waals surface area contributed by atoms with Gasteiger partial charge in [-0.15, -0.1) is 23.1 Å². The van der Waals surface area contributed by atoms with Gasteiger partial charge in [-0.2, -0.15) is 0 Å². The van der Waals surface area contributed by atoms with Gasteiger partial charge in [0.1, 0.15) is 5.75 Å². The predicted molar refractivity (Wildman–Crippen MR) is 64.6 cm³/mol. The molecule has 0 aliphatic carbocycles. The van der Waals surface area contributed by atoms with Crippen LogP contribution in [0.4, 0.5) is 0 Å². The molecule has 0 radical (unpaired) electrons. The van der Waals surface area contributed by atoms with Crippen LogP contribution in [0.3, 0.4) is 0 Å². The topological polar surface area (TPSA) is 20.2 Å². The number of aryl methyl sites for hydroxylation is 1. The van der Waals surface area contributed by atoms with Crippen molar-refractivity contribution in [3.05, 3.63) is 23.1 Å². The van der Waals surface area contributed by atoms with Crippen LogP contribution in [0, 0.1) is 0 Å². The molecule has 0 aliphatic rings. The maximum atomic E-state index is 9.94. The summed E-state index contributed by atoms with van der Waals surface area (Å²) >= 11 is 3.34. The van der Waals surface area contributed by atoms with Crippen molar-refractivity contribution in [3.63, 3.8) is 0 Å². The molecule has 0 unspecified atom stereocenters. The largest absolute Gasteiger partial charge is 0.506 e. The molecule has 74 valence electrons. The van der Waals surface area contributed by atoms with Gasteiger partial charge in [0.05, 0.1) is 0 Å². The highest BCUT2D eigenvalue weighted by Gasteiger charge is 2.08. The van der Waals surface area contributed by atoms with Crippen LogP contribution in [0.5, 0.6) is 5.75 Å². The SMILES string of the molecule is CCc1cc2c(O)c(SC)ccc2s1. The number of thioether (sulfide) groups is 1. The van der Waals surface area contributed by atoms with Crippen molar-refractivity contribution in [1.29, 1.82) is 0 Å². The van der Waals surface area contributed by atoms with Crippen molar-refractivity contribution < 1.29 is 5.11 Å². The van der Waals surface area contributed by atoms with E-state index < -0.39 is 0 Å². The maximum Gasteiger partial charge on any atom is 0.137 e. The number of aromatic hydroxyl groups is 1. The van der Waals surface area contributed by atoms with Crippen LogP contribution >= 0.6 is 23.1 Å². The number of hydrogen-bond acceptors (Lipinski definition) is 3. The molecule has 14 heavy (non-hydrogen) atoms. The Balaban J connectivity index is 2.68. The van der Waals surface area contributed by atoms with Gasteiger partial charge < -0.3 is 5.11 Å². The lowest BCUT2D eigenvalue weighted by Crippen LogP contribution is -1.72. The average molecular weight is 224 g/mol. The van der Waals surface area contributed by atoms with Gasteiger partial charge in [-0.25, -0.2) is 0 Å². The van der Waals surface area contributed by atoms with E-state index in [1.807, 2.05) is 12.3 Å². The molecule has 1 nitrogen and oxygen atoms in total. The van der Waals surface area contributed by atoms with Crippen molar-refractivity contribution in [2.45, 2.75) is 18.2 Å². The smallest absolute Gasteiger partial charge is 0.137 e. The Morgan fingerprint density at radius 2 is 2.21 bits per heavy atom. The van der Waals surface area contributed by atoms with Crippen LogP contribution < -0.4 is 0 Å². The molecular weight excluding hydrogens is 212 g/mol. The third kappa shape index (κ3) is 1.51.